The Bertz CT molecular complexity index is 585. The van der Waals surface area contributed by atoms with Crippen LogP contribution in [0.15, 0.2) is 28.1 Å². The molecule has 1 aromatic carbocycles. The number of halogens is 2. The molecule has 2 aromatic rings. The molecular formula is C12H10BrFN2OS. The van der Waals surface area contributed by atoms with Gasteiger partial charge in [-0.3, -0.25) is 4.79 Å². The highest BCUT2D eigenvalue weighted by Crippen LogP contribution is 2.18. The average Bonchev–Trinajstić information content (AvgIpc) is 2.69. The monoisotopic (exact) mass is 328 g/mol. The van der Waals surface area contributed by atoms with Crippen LogP contribution in [0.25, 0.3) is 0 Å². The van der Waals surface area contributed by atoms with Crippen molar-refractivity contribution >= 4 is 38.3 Å². The molecule has 6 heteroatoms. The third kappa shape index (κ3) is 3.36. The Morgan fingerprint density at radius 2 is 2.33 bits per heavy atom. The van der Waals surface area contributed by atoms with Crippen LogP contribution < -0.4 is 5.32 Å². The number of nitrogens with zero attached hydrogens (tertiary/aromatic N) is 1. The summed E-state index contributed by atoms with van der Waals surface area (Å²) in [6.07, 6.45) is 0.192. The molecule has 0 atom stereocenters. The van der Waals surface area contributed by atoms with Crippen LogP contribution in [0.1, 0.15) is 11.3 Å². The molecule has 0 aliphatic heterocycles. The van der Waals surface area contributed by atoms with Gasteiger partial charge in [0.1, 0.15) is 5.82 Å². The van der Waals surface area contributed by atoms with Gasteiger partial charge in [0.15, 0.2) is 5.13 Å². The molecule has 18 heavy (non-hydrogen) atoms. The smallest absolute Gasteiger partial charge is 0.230 e. The van der Waals surface area contributed by atoms with E-state index in [1.807, 2.05) is 12.3 Å². The highest BCUT2D eigenvalue weighted by Gasteiger charge is 2.08. The zero-order valence-corrected chi connectivity index (χ0v) is 11.9. The van der Waals surface area contributed by atoms with Gasteiger partial charge in [-0.15, -0.1) is 11.3 Å². The SMILES string of the molecule is Cc1csc(NC(=O)Cc2ccc(F)c(Br)c2)n1. The number of aromatic nitrogens is 1. The molecule has 0 saturated carbocycles. The molecule has 0 saturated heterocycles. The molecule has 0 spiro atoms. The van der Waals surface area contributed by atoms with Crippen LogP contribution in [0.3, 0.4) is 0 Å². The second kappa shape index (κ2) is 5.58. The van der Waals surface area contributed by atoms with Crippen molar-refractivity contribution in [1.29, 1.82) is 0 Å². The molecule has 1 heterocycles. The summed E-state index contributed by atoms with van der Waals surface area (Å²) in [6, 6.07) is 4.52. The Balaban J connectivity index is 2.00. The van der Waals surface area contributed by atoms with E-state index in [0.29, 0.717) is 9.60 Å². The molecule has 0 fully saturated rings. The molecule has 0 unspecified atom stereocenters. The van der Waals surface area contributed by atoms with Gasteiger partial charge in [-0.05, 0) is 40.5 Å². The Hall–Kier alpha value is -1.27. The van der Waals surface area contributed by atoms with Crippen LogP contribution in [-0.2, 0) is 11.2 Å². The number of carbonyl (C=O) groups excluding carboxylic acids is 1. The fourth-order valence-electron chi connectivity index (χ4n) is 1.41. The van der Waals surface area contributed by atoms with Crippen molar-refractivity contribution in [3.05, 3.63) is 45.1 Å². The van der Waals surface area contributed by atoms with E-state index >= 15 is 0 Å². The molecule has 0 bridgehead atoms. The number of amides is 1. The summed E-state index contributed by atoms with van der Waals surface area (Å²) in [5, 5.41) is 5.15. The minimum absolute atomic E-state index is 0.164. The fraction of sp³-hybridized carbons (Fsp3) is 0.167. The molecule has 1 amide bonds. The number of benzene rings is 1. The Kier molecular flexibility index (Phi) is 4.08. The highest BCUT2D eigenvalue weighted by molar-refractivity contribution is 9.10. The molecule has 94 valence electrons. The normalized spacial score (nSPS) is 10.4. The van der Waals surface area contributed by atoms with Gasteiger partial charge in [0.2, 0.25) is 5.91 Å². The summed E-state index contributed by atoms with van der Waals surface area (Å²) < 4.78 is 13.4. The minimum Gasteiger partial charge on any atom is -0.302 e. The molecule has 3 nitrogen and oxygen atoms in total. The minimum atomic E-state index is -0.338. The van der Waals surface area contributed by atoms with Gasteiger partial charge >= 0.3 is 0 Å². The van der Waals surface area contributed by atoms with Gasteiger partial charge in [0.25, 0.3) is 0 Å². The Labute approximate surface area is 116 Å². The molecule has 0 radical (unpaired) electrons. The number of rotatable bonds is 3. The van der Waals surface area contributed by atoms with Crippen molar-refractivity contribution in [2.75, 3.05) is 5.32 Å². The van der Waals surface area contributed by atoms with Gasteiger partial charge in [-0.25, -0.2) is 9.37 Å². The lowest BCUT2D eigenvalue weighted by molar-refractivity contribution is -0.115. The number of hydrogen-bond donors (Lipinski definition) is 1. The predicted molar refractivity (Wildman–Crippen MR) is 73.3 cm³/mol. The zero-order chi connectivity index (χ0) is 13.1. The third-order valence-corrected chi connectivity index (χ3v) is 3.70. The van der Waals surface area contributed by atoms with E-state index in [9.17, 15) is 9.18 Å². The van der Waals surface area contributed by atoms with Crippen molar-refractivity contribution < 1.29 is 9.18 Å². The predicted octanol–water partition coefficient (Wildman–Crippen LogP) is 3.53. The summed E-state index contributed by atoms with van der Waals surface area (Å²) in [4.78, 5) is 15.9. The van der Waals surface area contributed by atoms with Gasteiger partial charge in [-0.2, -0.15) is 0 Å². The molecule has 0 aliphatic carbocycles. The van der Waals surface area contributed by atoms with E-state index < -0.39 is 0 Å². The first-order chi connectivity index (χ1) is 8.54. The van der Waals surface area contributed by atoms with Crippen molar-refractivity contribution in [2.45, 2.75) is 13.3 Å². The molecule has 2 rings (SSSR count). The van der Waals surface area contributed by atoms with E-state index in [2.05, 4.69) is 26.2 Å². The fourth-order valence-corrected chi connectivity index (χ4v) is 2.54. The van der Waals surface area contributed by atoms with Gasteiger partial charge in [-0.1, -0.05) is 6.07 Å². The summed E-state index contributed by atoms with van der Waals surface area (Å²) in [6.45, 7) is 1.86. The van der Waals surface area contributed by atoms with Gasteiger partial charge < -0.3 is 5.32 Å². The molecule has 1 N–H and O–H groups in total. The third-order valence-electron chi connectivity index (χ3n) is 2.21. The topological polar surface area (TPSA) is 42.0 Å². The standard InChI is InChI=1S/C12H10BrFN2OS/c1-7-6-18-12(15-7)16-11(17)5-8-2-3-10(14)9(13)4-8/h2-4,6H,5H2,1H3,(H,15,16,17). The van der Waals surface area contributed by atoms with Crippen LogP contribution in [0, 0.1) is 12.7 Å². The van der Waals surface area contributed by atoms with Crippen LogP contribution in [0.5, 0.6) is 0 Å². The Morgan fingerprint density at radius 1 is 1.56 bits per heavy atom. The van der Waals surface area contributed by atoms with E-state index in [1.54, 1.807) is 12.1 Å². The summed E-state index contributed by atoms with van der Waals surface area (Å²) in [5.74, 6) is -0.502. The van der Waals surface area contributed by atoms with E-state index in [0.717, 1.165) is 11.3 Å². The number of anilines is 1. The van der Waals surface area contributed by atoms with Gasteiger partial charge in [0, 0.05) is 5.38 Å². The number of thiazole rings is 1. The first kappa shape index (κ1) is 13.2. The lowest BCUT2D eigenvalue weighted by Crippen LogP contribution is -2.14. The summed E-state index contributed by atoms with van der Waals surface area (Å²) >= 11 is 4.47. The quantitative estimate of drug-likeness (QED) is 0.936. The van der Waals surface area contributed by atoms with E-state index in [-0.39, 0.29) is 18.1 Å². The molecular weight excluding hydrogens is 319 g/mol. The number of carbonyl (C=O) groups is 1. The number of aryl methyl sites for hydroxylation is 1. The van der Waals surface area contributed by atoms with Crippen molar-refractivity contribution in [2.24, 2.45) is 0 Å². The summed E-state index contributed by atoms with van der Waals surface area (Å²) in [7, 11) is 0. The van der Waals surface area contributed by atoms with Crippen molar-refractivity contribution in [3.8, 4) is 0 Å². The average molecular weight is 329 g/mol. The zero-order valence-electron chi connectivity index (χ0n) is 9.54. The molecule has 0 aliphatic rings. The van der Waals surface area contributed by atoms with Crippen molar-refractivity contribution in [3.63, 3.8) is 0 Å². The maximum Gasteiger partial charge on any atom is 0.230 e. The first-order valence-electron chi connectivity index (χ1n) is 5.20. The van der Waals surface area contributed by atoms with Crippen LogP contribution in [-0.4, -0.2) is 10.9 Å². The number of nitrogens with one attached hydrogen (secondary N) is 1. The maximum atomic E-state index is 13.0. The Morgan fingerprint density at radius 3 is 2.94 bits per heavy atom. The largest absolute Gasteiger partial charge is 0.302 e. The van der Waals surface area contributed by atoms with Crippen LogP contribution >= 0.6 is 27.3 Å². The van der Waals surface area contributed by atoms with Crippen LogP contribution in [0.4, 0.5) is 9.52 Å². The summed E-state index contributed by atoms with van der Waals surface area (Å²) in [5.41, 5.74) is 1.62. The second-order valence-electron chi connectivity index (χ2n) is 3.77. The highest BCUT2D eigenvalue weighted by atomic mass is 79.9. The van der Waals surface area contributed by atoms with Crippen LogP contribution in [0.2, 0.25) is 0 Å². The van der Waals surface area contributed by atoms with Crippen molar-refractivity contribution in [1.82, 2.24) is 4.98 Å². The van der Waals surface area contributed by atoms with Gasteiger partial charge in [0.05, 0.1) is 16.6 Å². The lowest BCUT2D eigenvalue weighted by atomic mass is 10.1. The first-order valence-corrected chi connectivity index (χ1v) is 6.88. The van der Waals surface area contributed by atoms with E-state index in [1.165, 1.54) is 17.4 Å². The lowest BCUT2D eigenvalue weighted by Gasteiger charge is -2.03. The molecule has 1 aromatic heterocycles. The number of hydrogen-bond acceptors (Lipinski definition) is 3. The second-order valence-corrected chi connectivity index (χ2v) is 5.48. The van der Waals surface area contributed by atoms with E-state index in [4.69, 9.17) is 0 Å². The maximum absolute atomic E-state index is 13.0.